The second-order valence-corrected chi connectivity index (χ2v) is 4.21. The van der Waals surface area contributed by atoms with Gasteiger partial charge in [0, 0.05) is 5.56 Å². The molecule has 1 heterocycles. The monoisotopic (exact) mass is 241 g/mol. The van der Waals surface area contributed by atoms with E-state index >= 15 is 0 Å². The zero-order valence-electron chi connectivity index (χ0n) is 7.90. The molecule has 0 fully saturated rings. The van der Waals surface area contributed by atoms with Crippen LogP contribution in [-0.4, -0.2) is 17.3 Å². The van der Waals surface area contributed by atoms with Crippen LogP contribution in [0.25, 0.3) is 10.6 Å². The lowest BCUT2D eigenvalue weighted by Gasteiger charge is -2.03. The number of hydrogen-bond donors (Lipinski definition) is 1. The highest BCUT2D eigenvalue weighted by atomic mass is 35.5. The molecular formula is C9H8ClN3OS. The van der Waals surface area contributed by atoms with Crippen LogP contribution in [-0.2, 0) is 0 Å². The Kier molecular flexibility index (Phi) is 2.75. The SMILES string of the molecule is COc1cc(-c2nnc(N)s2)ccc1Cl. The number of aromatic nitrogens is 2. The number of ether oxygens (including phenoxy) is 1. The maximum absolute atomic E-state index is 5.91. The van der Waals surface area contributed by atoms with Crippen molar-refractivity contribution in [2.75, 3.05) is 12.8 Å². The van der Waals surface area contributed by atoms with Crippen molar-refractivity contribution in [2.24, 2.45) is 0 Å². The molecular weight excluding hydrogens is 234 g/mol. The van der Waals surface area contributed by atoms with E-state index in [9.17, 15) is 0 Å². The van der Waals surface area contributed by atoms with Crippen molar-refractivity contribution in [2.45, 2.75) is 0 Å². The van der Waals surface area contributed by atoms with Gasteiger partial charge in [-0.25, -0.2) is 0 Å². The van der Waals surface area contributed by atoms with Gasteiger partial charge in [-0.2, -0.15) is 0 Å². The molecule has 0 bridgehead atoms. The molecule has 0 unspecified atom stereocenters. The first kappa shape index (κ1) is 10.2. The highest BCUT2D eigenvalue weighted by Gasteiger charge is 2.07. The average molecular weight is 242 g/mol. The summed E-state index contributed by atoms with van der Waals surface area (Å²) in [5, 5.41) is 9.44. The van der Waals surface area contributed by atoms with Gasteiger partial charge in [-0.05, 0) is 12.1 Å². The Labute approximate surface area is 95.7 Å². The van der Waals surface area contributed by atoms with Gasteiger partial charge in [0.1, 0.15) is 10.8 Å². The maximum atomic E-state index is 5.91. The zero-order chi connectivity index (χ0) is 10.8. The third-order valence-electron chi connectivity index (χ3n) is 1.84. The van der Waals surface area contributed by atoms with Gasteiger partial charge in [0.15, 0.2) is 0 Å². The molecule has 0 spiro atoms. The summed E-state index contributed by atoms with van der Waals surface area (Å²) in [6.45, 7) is 0. The molecule has 0 aliphatic rings. The number of nitrogens with zero attached hydrogens (tertiary/aromatic N) is 2. The third kappa shape index (κ3) is 2.03. The predicted molar refractivity (Wildman–Crippen MR) is 61.3 cm³/mol. The molecule has 0 aliphatic carbocycles. The Bertz CT molecular complexity index is 486. The van der Waals surface area contributed by atoms with E-state index in [0.717, 1.165) is 10.6 Å². The molecule has 0 aliphatic heterocycles. The molecule has 0 atom stereocenters. The maximum Gasteiger partial charge on any atom is 0.203 e. The van der Waals surface area contributed by atoms with E-state index in [-0.39, 0.29) is 0 Å². The standard InChI is InChI=1S/C9H8ClN3OS/c1-14-7-4-5(2-3-6(7)10)8-12-13-9(11)15-8/h2-4H,1H3,(H2,11,13). The first-order valence-electron chi connectivity index (χ1n) is 4.13. The summed E-state index contributed by atoms with van der Waals surface area (Å²) in [5.41, 5.74) is 6.40. The Morgan fingerprint density at radius 1 is 1.40 bits per heavy atom. The lowest BCUT2D eigenvalue weighted by molar-refractivity contribution is 0.415. The second-order valence-electron chi connectivity index (χ2n) is 2.79. The fraction of sp³-hybridized carbons (Fsp3) is 0.111. The van der Waals surface area contributed by atoms with Crippen LogP contribution in [0.2, 0.25) is 5.02 Å². The van der Waals surface area contributed by atoms with Gasteiger partial charge in [-0.1, -0.05) is 29.0 Å². The highest BCUT2D eigenvalue weighted by Crippen LogP contribution is 2.32. The first-order chi connectivity index (χ1) is 7.20. The van der Waals surface area contributed by atoms with Gasteiger partial charge in [0.25, 0.3) is 0 Å². The van der Waals surface area contributed by atoms with E-state index in [2.05, 4.69) is 10.2 Å². The quantitative estimate of drug-likeness (QED) is 0.877. The van der Waals surface area contributed by atoms with Crippen molar-refractivity contribution in [3.63, 3.8) is 0 Å². The molecule has 0 saturated carbocycles. The minimum absolute atomic E-state index is 0.443. The van der Waals surface area contributed by atoms with Crippen LogP contribution in [0.3, 0.4) is 0 Å². The first-order valence-corrected chi connectivity index (χ1v) is 5.33. The number of nitrogens with two attached hydrogens (primary N) is 1. The van der Waals surface area contributed by atoms with Crippen molar-refractivity contribution in [3.05, 3.63) is 23.2 Å². The normalized spacial score (nSPS) is 10.3. The van der Waals surface area contributed by atoms with Gasteiger partial charge in [-0.15, -0.1) is 10.2 Å². The number of methoxy groups -OCH3 is 1. The molecule has 0 amide bonds. The Morgan fingerprint density at radius 3 is 2.80 bits per heavy atom. The topological polar surface area (TPSA) is 61.0 Å². The molecule has 78 valence electrons. The van der Waals surface area contributed by atoms with E-state index < -0.39 is 0 Å². The van der Waals surface area contributed by atoms with Crippen LogP contribution >= 0.6 is 22.9 Å². The van der Waals surface area contributed by atoms with Crippen molar-refractivity contribution in [1.82, 2.24) is 10.2 Å². The van der Waals surface area contributed by atoms with E-state index in [0.29, 0.717) is 15.9 Å². The van der Waals surface area contributed by atoms with E-state index in [1.807, 2.05) is 12.1 Å². The third-order valence-corrected chi connectivity index (χ3v) is 2.95. The summed E-state index contributed by atoms with van der Waals surface area (Å²) in [7, 11) is 1.57. The zero-order valence-corrected chi connectivity index (χ0v) is 9.47. The fourth-order valence-electron chi connectivity index (χ4n) is 1.14. The average Bonchev–Trinajstić information content (AvgIpc) is 2.66. The van der Waals surface area contributed by atoms with Gasteiger partial charge >= 0.3 is 0 Å². The Hall–Kier alpha value is -1.33. The van der Waals surface area contributed by atoms with Gasteiger partial charge in [0.05, 0.1) is 12.1 Å². The smallest absolute Gasteiger partial charge is 0.203 e. The Balaban J connectivity index is 2.45. The summed E-state index contributed by atoms with van der Waals surface area (Å²) < 4.78 is 5.11. The summed E-state index contributed by atoms with van der Waals surface area (Å²) in [6.07, 6.45) is 0. The molecule has 6 heteroatoms. The molecule has 0 saturated heterocycles. The molecule has 1 aromatic carbocycles. The number of rotatable bonds is 2. The number of benzene rings is 1. The molecule has 2 N–H and O–H groups in total. The van der Waals surface area contributed by atoms with Crippen LogP contribution < -0.4 is 10.5 Å². The number of anilines is 1. The van der Waals surface area contributed by atoms with Crippen LogP contribution in [0.15, 0.2) is 18.2 Å². The van der Waals surface area contributed by atoms with Crippen LogP contribution in [0.1, 0.15) is 0 Å². The fourth-order valence-corrected chi connectivity index (χ4v) is 1.94. The minimum atomic E-state index is 0.443. The van der Waals surface area contributed by atoms with E-state index in [1.54, 1.807) is 13.2 Å². The second kappa shape index (κ2) is 4.04. The van der Waals surface area contributed by atoms with Gasteiger partial charge < -0.3 is 10.5 Å². The Morgan fingerprint density at radius 2 is 2.20 bits per heavy atom. The predicted octanol–water partition coefficient (Wildman–Crippen LogP) is 2.45. The van der Waals surface area contributed by atoms with Gasteiger partial charge in [0.2, 0.25) is 5.13 Å². The summed E-state index contributed by atoms with van der Waals surface area (Å²) in [5.74, 6) is 0.614. The lowest BCUT2D eigenvalue weighted by atomic mass is 10.2. The van der Waals surface area contributed by atoms with Crippen LogP contribution in [0.5, 0.6) is 5.75 Å². The molecule has 1 aromatic heterocycles. The minimum Gasteiger partial charge on any atom is -0.495 e. The van der Waals surface area contributed by atoms with Crippen LogP contribution in [0, 0.1) is 0 Å². The molecule has 2 rings (SSSR count). The summed E-state index contributed by atoms with van der Waals surface area (Å²) in [6, 6.07) is 5.42. The van der Waals surface area contributed by atoms with Crippen LogP contribution in [0.4, 0.5) is 5.13 Å². The molecule has 2 aromatic rings. The molecule has 4 nitrogen and oxygen atoms in total. The van der Waals surface area contributed by atoms with Crippen molar-refractivity contribution >= 4 is 28.1 Å². The number of hydrogen-bond acceptors (Lipinski definition) is 5. The lowest BCUT2D eigenvalue weighted by Crippen LogP contribution is -1.85. The van der Waals surface area contributed by atoms with E-state index in [4.69, 9.17) is 22.1 Å². The highest BCUT2D eigenvalue weighted by molar-refractivity contribution is 7.18. The van der Waals surface area contributed by atoms with Crippen molar-refractivity contribution in [1.29, 1.82) is 0 Å². The van der Waals surface area contributed by atoms with Crippen molar-refractivity contribution < 1.29 is 4.74 Å². The number of nitrogen functional groups attached to an aromatic ring is 1. The van der Waals surface area contributed by atoms with Crippen molar-refractivity contribution in [3.8, 4) is 16.3 Å². The van der Waals surface area contributed by atoms with Gasteiger partial charge in [-0.3, -0.25) is 0 Å². The summed E-state index contributed by atoms with van der Waals surface area (Å²) >= 11 is 7.23. The molecule has 15 heavy (non-hydrogen) atoms. The van der Waals surface area contributed by atoms with E-state index in [1.165, 1.54) is 11.3 Å². The largest absolute Gasteiger partial charge is 0.495 e. The molecule has 0 radical (unpaired) electrons. The summed E-state index contributed by atoms with van der Waals surface area (Å²) in [4.78, 5) is 0. The number of halogens is 1.